The standard InChI is InChI=1S/C13H21N3/c1-13(2)10(8-14)11(13)9-6-5-7-15-12(9)16(3)4/h5-7,10-11H,8,14H2,1-4H3/t10-,11-/m0/s1. The van der Waals surface area contributed by atoms with Crippen LogP contribution in [-0.2, 0) is 0 Å². The van der Waals surface area contributed by atoms with Gasteiger partial charge < -0.3 is 10.6 Å². The summed E-state index contributed by atoms with van der Waals surface area (Å²) in [7, 11) is 4.08. The molecule has 3 nitrogen and oxygen atoms in total. The summed E-state index contributed by atoms with van der Waals surface area (Å²) >= 11 is 0. The molecule has 0 bridgehead atoms. The maximum atomic E-state index is 5.83. The Morgan fingerprint density at radius 3 is 2.62 bits per heavy atom. The second-order valence-corrected chi connectivity index (χ2v) is 5.45. The van der Waals surface area contributed by atoms with Gasteiger partial charge in [0.2, 0.25) is 0 Å². The van der Waals surface area contributed by atoms with Gasteiger partial charge in [-0.05, 0) is 35.4 Å². The summed E-state index contributed by atoms with van der Waals surface area (Å²) in [5.74, 6) is 2.23. The van der Waals surface area contributed by atoms with Crippen molar-refractivity contribution in [3.8, 4) is 0 Å². The second-order valence-electron chi connectivity index (χ2n) is 5.45. The predicted molar refractivity (Wildman–Crippen MR) is 67.6 cm³/mol. The third kappa shape index (κ3) is 1.59. The van der Waals surface area contributed by atoms with E-state index in [1.807, 2.05) is 26.4 Å². The molecule has 1 heterocycles. The lowest BCUT2D eigenvalue weighted by Crippen LogP contribution is -2.13. The van der Waals surface area contributed by atoms with Crippen molar-refractivity contribution in [2.24, 2.45) is 17.1 Å². The molecule has 3 heteroatoms. The van der Waals surface area contributed by atoms with Crippen molar-refractivity contribution in [2.45, 2.75) is 19.8 Å². The minimum atomic E-state index is 0.322. The highest BCUT2D eigenvalue weighted by Gasteiger charge is 2.58. The van der Waals surface area contributed by atoms with E-state index in [0.29, 0.717) is 17.3 Å². The number of hydrogen-bond acceptors (Lipinski definition) is 3. The van der Waals surface area contributed by atoms with E-state index in [-0.39, 0.29) is 0 Å². The largest absolute Gasteiger partial charge is 0.363 e. The lowest BCUT2D eigenvalue weighted by molar-refractivity contribution is 0.558. The molecule has 0 radical (unpaired) electrons. The van der Waals surface area contributed by atoms with Gasteiger partial charge in [-0.25, -0.2) is 4.98 Å². The number of anilines is 1. The first-order valence-corrected chi connectivity index (χ1v) is 5.82. The van der Waals surface area contributed by atoms with Crippen molar-refractivity contribution < 1.29 is 0 Å². The summed E-state index contributed by atoms with van der Waals surface area (Å²) in [6.45, 7) is 5.35. The smallest absolute Gasteiger partial charge is 0.131 e. The van der Waals surface area contributed by atoms with Gasteiger partial charge in [-0.2, -0.15) is 0 Å². The quantitative estimate of drug-likeness (QED) is 0.843. The van der Waals surface area contributed by atoms with Crippen LogP contribution in [0, 0.1) is 11.3 Å². The average molecular weight is 219 g/mol. The maximum Gasteiger partial charge on any atom is 0.131 e. The molecule has 88 valence electrons. The topological polar surface area (TPSA) is 42.2 Å². The van der Waals surface area contributed by atoms with Gasteiger partial charge in [0.25, 0.3) is 0 Å². The zero-order valence-corrected chi connectivity index (χ0v) is 10.6. The van der Waals surface area contributed by atoms with E-state index < -0.39 is 0 Å². The molecule has 2 rings (SSSR count). The molecule has 16 heavy (non-hydrogen) atoms. The molecule has 1 aliphatic rings. The first kappa shape index (κ1) is 11.4. The Bertz CT molecular complexity index is 385. The lowest BCUT2D eigenvalue weighted by Gasteiger charge is -2.16. The highest BCUT2D eigenvalue weighted by atomic mass is 15.1. The Balaban J connectivity index is 2.36. The van der Waals surface area contributed by atoms with Crippen molar-refractivity contribution in [1.29, 1.82) is 0 Å². The van der Waals surface area contributed by atoms with Gasteiger partial charge >= 0.3 is 0 Å². The van der Waals surface area contributed by atoms with E-state index in [2.05, 4.69) is 29.8 Å². The first-order chi connectivity index (χ1) is 7.50. The highest BCUT2D eigenvalue weighted by Crippen LogP contribution is 2.64. The Hall–Kier alpha value is -1.09. The molecule has 1 saturated carbocycles. The Morgan fingerprint density at radius 2 is 2.12 bits per heavy atom. The number of aromatic nitrogens is 1. The summed E-state index contributed by atoms with van der Waals surface area (Å²) in [5, 5.41) is 0. The molecule has 0 aliphatic heterocycles. The van der Waals surface area contributed by atoms with Crippen LogP contribution in [0.5, 0.6) is 0 Å². The summed E-state index contributed by atoms with van der Waals surface area (Å²) in [6.07, 6.45) is 1.85. The van der Waals surface area contributed by atoms with E-state index in [9.17, 15) is 0 Å². The molecule has 0 unspecified atom stereocenters. The van der Waals surface area contributed by atoms with Crippen LogP contribution in [0.3, 0.4) is 0 Å². The van der Waals surface area contributed by atoms with E-state index in [4.69, 9.17) is 5.73 Å². The third-order valence-corrected chi connectivity index (χ3v) is 3.88. The SMILES string of the molecule is CN(C)c1ncccc1[C@H]1[C@H](CN)C1(C)C. The van der Waals surface area contributed by atoms with Crippen molar-refractivity contribution >= 4 is 5.82 Å². The molecule has 0 saturated heterocycles. The molecule has 2 atom stereocenters. The minimum Gasteiger partial charge on any atom is -0.363 e. The molecule has 0 spiro atoms. The van der Waals surface area contributed by atoms with Crippen molar-refractivity contribution in [1.82, 2.24) is 4.98 Å². The van der Waals surface area contributed by atoms with E-state index in [1.54, 1.807) is 0 Å². The summed E-state index contributed by atoms with van der Waals surface area (Å²) in [5.41, 5.74) is 7.49. The van der Waals surface area contributed by atoms with Gasteiger partial charge in [0.05, 0.1) is 0 Å². The molecule has 0 aromatic carbocycles. The summed E-state index contributed by atoms with van der Waals surface area (Å²) in [4.78, 5) is 6.54. The maximum absolute atomic E-state index is 5.83. The van der Waals surface area contributed by atoms with Crippen molar-refractivity contribution in [3.05, 3.63) is 23.9 Å². The van der Waals surface area contributed by atoms with E-state index in [1.165, 1.54) is 5.56 Å². The van der Waals surface area contributed by atoms with Crippen molar-refractivity contribution in [3.63, 3.8) is 0 Å². The van der Waals surface area contributed by atoms with Gasteiger partial charge in [0.15, 0.2) is 0 Å². The number of hydrogen-bond donors (Lipinski definition) is 1. The fourth-order valence-corrected chi connectivity index (χ4v) is 2.83. The Kier molecular flexibility index (Phi) is 2.66. The lowest BCUT2D eigenvalue weighted by atomic mass is 10.0. The van der Waals surface area contributed by atoms with E-state index in [0.717, 1.165) is 12.4 Å². The van der Waals surface area contributed by atoms with Gasteiger partial charge in [0, 0.05) is 20.3 Å². The molecule has 1 aromatic rings. The molecule has 1 fully saturated rings. The molecular formula is C13H21N3. The van der Waals surface area contributed by atoms with Gasteiger partial charge in [-0.15, -0.1) is 0 Å². The van der Waals surface area contributed by atoms with Gasteiger partial charge in [-0.3, -0.25) is 0 Å². The van der Waals surface area contributed by atoms with Crippen LogP contribution in [0.4, 0.5) is 5.82 Å². The van der Waals surface area contributed by atoms with Crippen LogP contribution >= 0.6 is 0 Å². The number of pyridine rings is 1. The number of nitrogens with two attached hydrogens (primary N) is 1. The van der Waals surface area contributed by atoms with Crippen molar-refractivity contribution in [2.75, 3.05) is 25.5 Å². The zero-order valence-electron chi connectivity index (χ0n) is 10.6. The van der Waals surface area contributed by atoms with Crippen LogP contribution in [0.25, 0.3) is 0 Å². The van der Waals surface area contributed by atoms with Crippen LogP contribution < -0.4 is 10.6 Å². The molecule has 0 amide bonds. The molecule has 1 aliphatic carbocycles. The molecule has 2 N–H and O–H groups in total. The average Bonchev–Trinajstić information content (AvgIpc) is 2.80. The van der Waals surface area contributed by atoms with Crippen LogP contribution in [0.15, 0.2) is 18.3 Å². The van der Waals surface area contributed by atoms with Gasteiger partial charge in [-0.1, -0.05) is 19.9 Å². The first-order valence-electron chi connectivity index (χ1n) is 5.82. The number of nitrogens with zero attached hydrogens (tertiary/aromatic N) is 2. The van der Waals surface area contributed by atoms with Crippen LogP contribution in [0.1, 0.15) is 25.3 Å². The van der Waals surface area contributed by atoms with Crippen LogP contribution in [-0.4, -0.2) is 25.6 Å². The predicted octanol–water partition coefficient (Wildman–Crippen LogP) is 1.85. The fraction of sp³-hybridized carbons (Fsp3) is 0.615. The van der Waals surface area contributed by atoms with E-state index >= 15 is 0 Å². The van der Waals surface area contributed by atoms with Crippen LogP contribution in [0.2, 0.25) is 0 Å². The molecular weight excluding hydrogens is 198 g/mol. The zero-order chi connectivity index (χ0) is 11.9. The summed E-state index contributed by atoms with van der Waals surface area (Å²) in [6, 6.07) is 4.20. The monoisotopic (exact) mass is 219 g/mol. The normalized spacial score (nSPS) is 26.6. The molecule has 1 aromatic heterocycles. The highest BCUT2D eigenvalue weighted by molar-refractivity contribution is 5.51. The Labute approximate surface area is 97.7 Å². The number of rotatable bonds is 3. The van der Waals surface area contributed by atoms with Gasteiger partial charge in [0.1, 0.15) is 5.82 Å². The summed E-state index contributed by atoms with van der Waals surface area (Å²) < 4.78 is 0. The Morgan fingerprint density at radius 1 is 1.44 bits per heavy atom. The fourth-order valence-electron chi connectivity index (χ4n) is 2.83. The third-order valence-electron chi connectivity index (χ3n) is 3.88. The minimum absolute atomic E-state index is 0.322. The second kappa shape index (κ2) is 3.74.